The summed E-state index contributed by atoms with van der Waals surface area (Å²) in [6, 6.07) is 12.4. The van der Waals surface area contributed by atoms with Crippen LogP contribution in [0, 0.1) is 11.3 Å². The lowest BCUT2D eigenvalue weighted by Gasteiger charge is -2.42. The van der Waals surface area contributed by atoms with Crippen LogP contribution < -0.4 is 5.32 Å². The molecule has 2 amide bonds. The van der Waals surface area contributed by atoms with Gasteiger partial charge in [-0.3, -0.25) is 14.6 Å². The zero-order valence-electron chi connectivity index (χ0n) is 19.8. The Morgan fingerprint density at radius 3 is 2.58 bits per heavy atom. The van der Waals surface area contributed by atoms with Crippen LogP contribution in [0.25, 0.3) is 11.1 Å². The van der Waals surface area contributed by atoms with Gasteiger partial charge in [-0.15, -0.1) is 0 Å². The highest BCUT2D eigenvalue weighted by Crippen LogP contribution is 2.39. The lowest BCUT2D eigenvalue weighted by molar-refractivity contribution is -0.143. The van der Waals surface area contributed by atoms with Crippen LogP contribution in [0.2, 0.25) is 0 Å². The van der Waals surface area contributed by atoms with Crippen molar-refractivity contribution in [2.75, 3.05) is 13.1 Å². The van der Waals surface area contributed by atoms with Gasteiger partial charge >= 0.3 is 0 Å². The molecule has 2 heterocycles. The lowest BCUT2D eigenvalue weighted by atomic mass is 9.71. The second-order valence-electron chi connectivity index (χ2n) is 9.79. The molecule has 33 heavy (non-hydrogen) atoms. The van der Waals surface area contributed by atoms with Gasteiger partial charge in [-0.25, -0.2) is 0 Å². The second-order valence-corrected chi connectivity index (χ2v) is 9.79. The molecule has 1 saturated heterocycles. The maximum Gasteiger partial charge on any atom is 0.226 e. The molecule has 2 aliphatic rings. The maximum absolute atomic E-state index is 13.5. The third-order valence-corrected chi connectivity index (χ3v) is 7.07. The third kappa shape index (κ3) is 5.35. The highest BCUT2D eigenvalue weighted by atomic mass is 16.2. The van der Waals surface area contributed by atoms with E-state index in [0.29, 0.717) is 32.4 Å². The molecule has 0 unspecified atom stereocenters. The zero-order valence-corrected chi connectivity index (χ0v) is 19.8. The average Bonchev–Trinajstić information content (AvgIpc) is 2.85. The molecule has 0 saturated carbocycles. The molecule has 174 valence electrons. The molecule has 1 aromatic heterocycles. The van der Waals surface area contributed by atoms with Crippen LogP contribution in [0.15, 0.2) is 60.9 Å². The fraction of sp³-hybridized carbons (Fsp3) is 0.464. The summed E-state index contributed by atoms with van der Waals surface area (Å²) in [6.45, 7) is 5.29. The van der Waals surface area contributed by atoms with E-state index in [0.717, 1.165) is 36.0 Å². The molecule has 0 spiro atoms. The molecule has 5 heteroatoms. The zero-order chi connectivity index (χ0) is 23.3. The monoisotopic (exact) mass is 445 g/mol. The van der Waals surface area contributed by atoms with Gasteiger partial charge in [-0.2, -0.15) is 0 Å². The molecular weight excluding hydrogens is 410 g/mol. The Hall–Kier alpha value is -2.95. The Bertz CT molecular complexity index is 991. The standard InChI is InChI=1S/C28H35N3O2/c1-21(2)30-27(33)28(14-17-31(18-15-28)26(32)22-9-4-3-5-10-22)19-23-11-6-7-13-25(23)24-12-8-16-29-20-24/h3-4,6-8,11-13,16,20-22H,5,9-10,14-15,17-19H2,1-2H3,(H,30,33)/t22-/m0/s1. The predicted octanol–water partition coefficient (Wildman–Crippen LogP) is 4.78. The molecule has 0 bridgehead atoms. The highest BCUT2D eigenvalue weighted by Gasteiger charge is 2.43. The number of likely N-dealkylation sites (tertiary alicyclic amines) is 1. The van der Waals surface area contributed by atoms with Crippen molar-refractivity contribution in [3.8, 4) is 11.1 Å². The quantitative estimate of drug-likeness (QED) is 0.651. The molecule has 1 N–H and O–H groups in total. The fourth-order valence-electron chi connectivity index (χ4n) is 5.17. The minimum atomic E-state index is -0.522. The minimum Gasteiger partial charge on any atom is -0.353 e. The van der Waals surface area contributed by atoms with E-state index < -0.39 is 5.41 Å². The molecule has 2 aromatic rings. The summed E-state index contributed by atoms with van der Waals surface area (Å²) >= 11 is 0. The van der Waals surface area contributed by atoms with E-state index in [-0.39, 0.29) is 23.8 Å². The lowest BCUT2D eigenvalue weighted by Crippen LogP contribution is -2.53. The van der Waals surface area contributed by atoms with E-state index in [2.05, 4.69) is 40.7 Å². The van der Waals surface area contributed by atoms with Crippen molar-refractivity contribution in [2.24, 2.45) is 11.3 Å². The predicted molar refractivity (Wildman–Crippen MR) is 131 cm³/mol. The molecule has 4 rings (SSSR count). The van der Waals surface area contributed by atoms with Gasteiger partial charge in [-0.1, -0.05) is 42.5 Å². The van der Waals surface area contributed by atoms with E-state index in [9.17, 15) is 9.59 Å². The summed E-state index contributed by atoms with van der Waals surface area (Å²) in [7, 11) is 0. The number of carbonyl (C=O) groups excluding carboxylic acids is 2. The van der Waals surface area contributed by atoms with Crippen molar-refractivity contribution >= 4 is 11.8 Å². The number of nitrogens with one attached hydrogen (secondary N) is 1. The van der Waals surface area contributed by atoms with Crippen LogP contribution >= 0.6 is 0 Å². The number of nitrogens with zero attached hydrogens (tertiary/aromatic N) is 2. The van der Waals surface area contributed by atoms with E-state index >= 15 is 0 Å². The van der Waals surface area contributed by atoms with E-state index in [4.69, 9.17) is 0 Å². The molecule has 1 aliphatic heterocycles. The molecule has 1 aliphatic carbocycles. The van der Waals surface area contributed by atoms with Crippen molar-refractivity contribution in [1.82, 2.24) is 15.2 Å². The summed E-state index contributed by atoms with van der Waals surface area (Å²) in [5.74, 6) is 0.456. The molecule has 0 radical (unpaired) electrons. The largest absolute Gasteiger partial charge is 0.353 e. The number of aromatic nitrogens is 1. The minimum absolute atomic E-state index is 0.0802. The Balaban J connectivity index is 1.57. The number of hydrogen-bond acceptors (Lipinski definition) is 3. The van der Waals surface area contributed by atoms with Gasteiger partial charge in [0.1, 0.15) is 0 Å². The van der Waals surface area contributed by atoms with E-state index in [1.54, 1.807) is 6.20 Å². The Kier molecular flexibility index (Phi) is 7.26. The fourth-order valence-corrected chi connectivity index (χ4v) is 5.17. The Labute approximate surface area is 197 Å². The van der Waals surface area contributed by atoms with Crippen LogP contribution in [-0.4, -0.2) is 40.8 Å². The van der Waals surface area contributed by atoms with Crippen LogP contribution in [0.4, 0.5) is 0 Å². The number of benzene rings is 1. The summed E-state index contributed by atoms with van der Waals surface area (Å²) in [4.78, 5) is 32.9. The van der Waals surface area contributed by atoms with Gasteiger partial charge in [0.25, 0.3) is 0 Å². The Morgan fingerprint density at radius 2 is 1.91 bits per heavy atom. The van der Waals surface area contributed by atoms with Gasteiger partial charge in [0.05, 0.1) is 5.41 Å². The van der Waals surface area contributed by atoms with Crippen molar-refractivity contribution in [1.29, 1.82) is 0 Å². The van der Waals surface area contributed by atoms with Gasteiger partial charge in [-0.05, 0) is 69.6 Å². The average molecular weight is 446 g/mol. The number of allylic oxidation sites excluding steroid dienone is 2. The number of hydrogen-bond donors (Lipinski definition) is 1. The summed E-state index contributed by atoms with van der Waals surface area (Å²) < 4.78 is 0. The van der Waals surface area contributed by atoms with Crippen molar-refractivity contribution in [3.05, 3.63) is 66.5 Å². The number of carbonyl (C=O) groups is 2. The SMILES string of the molecule is CC(C)NC(=O)C1(Cc2ccccc2-c2cccnc2)CCN(C(=O)[C@H]2CC=CCC2)CC1. The number of pyridine rings is 1. The second kappa shape index (κ2) is 10.3. The first kappa shape index (κ1) is 23.2. The van der Waals surface area contributed by atoms with Gasteiger partial charge in [0.2, 0.25) is 11.8 Å². The van der Waals surface area contributed by atoms with Gasteiger partial charge in [0, 0.05) is 43.0 Å². The number of amides is 2. The van der Waals surface area contributed by atoms with E-state index in [1.807, 2.05) is 43.1 Å². The normalized spacial score (nSPS) is 20.0. The van der Waals surface area contributed by atoms with Crippen LogP contribution in [0.1, 0.15) is 51.5 Å². The smallest absolute Gasteiger partial charge is 0.226 e. The van der Waals surface area contributed by atoms with E-state index in [1.165, 1.54) is 0 Å². The Morgan fingerprint density at radius 1 is 1.12 bits per heavy atom. The van der Waals surface area contributed by atoms with Crippen molar-refractivity contribution in [3.63, 3.8) is 0 Å². The topological polar surface area (TPSA) is 62.3 Å². The number of piperidine rings is 1. The van der Waals surface area contributed by atoms with Crippen LogP contribution in [0.5, 0.6) is 0 Å². The summed E-state index contributed by atoms with van der Waals surface area (Å²) in [5.41, 5.74) is 2.81. The molecule has 5 nitrogen and oxygen atoms in total. The van der Waals surface area contributed by atoms with Crippen LogP contribution in [0.3, 0.4) is 0 Å². The number of rotatable bonds is 6. The molecule has 1 aromatic carbocycles. The van der Waals surface area contributed by atoms with Crippen molar-refractivity contribution in [2.45, 2.75) is 58.4 Å². The van der Waals surface area contributed by atoms with Crippen LogP contribution in [-0.2, 0) is 16.0 Å². The first-order valence-corrected chi connectivity index (χ1v) is 12.2. The molecule has 1 fully saturated rings. The summed E-state index contributed by atoms with van der Waals surface area (Å²) in [5, 5.41) is 3.18. The molecular formula is C28H35N3O2. The van der Waals surface area contributed by atoms with Gasteiger partial charge in [0.15, 0.2) is 0 Å². The highest BCUT2D eigenvalue weighted by molar-refractivity contribution is 5.85. The van der Waals surface area contributed by atoms with Crippen molar-refractivity contribution < 1.29 is 9.59 Å². The first-order valence-electron chi connectivity index (χ1n) is 12.2. The summed E-state index contributed by atoms with van der Waals surface area (Å²) in [6.07, 6.45) is 12.7. The maximum atomic E-state index is 13.5. The first-order chi connectivity index (χ1) is 16.0. The third-order valence-electron chi connectivity index (χ3n) is 7.07. The molecule has 1 atom stereocenters. The van der Waals surface area contributed by atoms with Gasteiger partial charge < -0.3 is 10.2 Å².